The van der Waals surface area contributed by atoms with Crippen molar-refractivity contribution in [2.45, 2.75) is 26.3 Å². The third kappa shape index (κ3) is 5.05. The summed E-state index contributed by atoms with van der Waals surface area (Å²) < 4.78 is 5.46. The van der Waals surface area contributed by atoms with Gasteiger partial charge in [0.15, 0.2) is 0 Å². The Kier molecular flexibility index (Phi) is 6.93. The van der Waals surface area contributed by atoms with Crippen LogP contribution in [0, 0.1) is 5.92 Å². The summed E-state index contributed by atoms with van der Waals surface area (Å²) in [5.74, 6) is 0.0862. The molecule has 3 rings (SSSR count). The van der Waals surface area contributed by atoms with Gasteiger partial charge in [0.05, 0.1) is 11.6 Å². The van der Waals surface area contributed by atoms with Crippen LogP contribution in [0.1, 0.15) is 20.3 Å². The lowest BCUT2D eigenvalue weighted by molar-refractivity contribution is -0.117. The van der Waals surface area contributed by atoms with Gasteiger partial charge in [-0.3, -0.25) is 4.79 Å². The highest BCUT2D eigenvalue weighted by Crippen LogP contribution is 2.23. The van der Waals surface area contributed by atoms with E-state index in [-0.39, 0.29) is 22.9 Å². The minimum absolute atomic E-state index is 0. The molecule has 0 unspecified atom stereocenters. The van der Waals surface area contributed by atoms with Crippen LogP contribution in [0.15, 0.2) is 63.8 Å². The summed E-state index contributed by atoms with van der Waals surface area (Å²) in [5.41, 5.74) is 7.78. The molecular formula is C21H23BrN2O3. The number of amides is 1. The normalized spacial score (nSPS) is 11.9. The van der Waals surface area contributed by atoms with E-state index < -0.39 is 11.7 Å². The van der Waals surface area contributed by atoms with Gasteiger partial charge in [-0.15, -0.1) is 17.0 Å². The number of fused-ring (bicyclic) bond motifs is 1. The van der Waals surface area contributed by atoms with E-state index in [1.54, 1.807) is 18.2 Å². The third-order valence-electron chi connectivity index (χ3n) is 4.15. The Hall–Kier alpha value is -2.44. The van der Waals surface area contributed by atoms with Crippen LogP contribution < -0.4 is 16.7 Å². The molecule has 1 amide bonds. The zero-order chi connectivity index (χ0) is 18.7. The summed E-state index contributed by atoms with van der Waals surface area (Å²) in [6.45, 7) is 4.03. The molecule has 5 nitrogen and oxygen atoms in total. The molecule has 0 saturated heterocycles. The Morgan fingerprint density at radius 2 is 1.81 bits per heavy atom. The Morgan fingerprint density at radius 1 is 1.11 bits per heavy atom. The molecule has 0 aliphatic heterocycles. The van der Waals surface area contributed by atoms with Crippen molar-refractivity contribution in [3.8, 4) is 11.1 Å². The van der Waals surface area contributed by atoms with E-state index in [2.05, 4.69) is 5.32 Å². The van der Waals surface area contributed by atoms with Crippen LogP contribution in [0.4, 0.5) is 5.69 Å². The van der Waals surface area contributed by atoms with Gasteiger partial charge in [0, 0.05) is 17.1 Å². The Bertz CT molecular complexity index is 984. The van der Waals surface area contributed by atoms with E-state index >= 15 is 0 Å². The molecule has 0 fully saturated rings. The highest BCUT2D eigenvalue weighted by Gasteiger charge is 2.15. The molecule has 0 saturated carbocycles. The van der Waals surface area contributed by atoms with Gasteiger partial charge in [-0.25, -0.2) is 4.79 Å². The van der Waals surface area contributed by atoms with Crippen molar-refractivity contribution in [1.82, 2.24) is 0 Å². The molecule has 1 heterocycles. The molecule has 3 N–H and O–H groups in total. The van der Waals surface area contributed by atoms with Gasteiger partial charge in [0.1, 0.15) is 5.58 Å². The van der Waals surface area contributed by atoms with Gasteiger partial charge in [-0.05, 0) is 36.1 Å². The quantitative estimate of drug-likeness (QED) is 0.589. The Labute approximate surface area is 168 Å². The average Bonchev–Trinajstić information content (AvgIpc) is 2.61. The number of hydrogen-bond donors (Lipinski definition) is 2. The summed E-state index contributed by atoms with van der Waals surface area (Å²) in [6.07, 6.45) is 0.606. The second-order valence-electron chi connectivity index (χ2n) is 6.79. The van der Waals surface area contributed by atoms with Crippen molar-refractivity contribution in [2.24, 2.45) is 11.7 Å². The minimum Gasteiger partial charge on any atom is -0.422 e. The number of nitrogens with one attached hydrogen (secondary N) is 1. The largest absolute Gasteiger partial charge is 0.422 e. The third-order valence-corrected chi connectivity index (χ3v) is 4.15. The van der Waals surface area contributed by atoms with Crippen LogP contribution >= 0.6 is 17.0 Å². The maximum absolute atomic E-state index is 12.3. The second-order valence-corrected chi connectivity index (χ2v) is 6.79. The van der Waals surface area contributed by atoms with Gasteiger partial charge in [-0.2, -0.15) is 0 Å². The molecule has 0 bridgehead atoms. The van der Waals surface area contributed by atoms with Crippen molar-refractivity contribution in [2.75, 3.05) is 5.32 Å². The van der Waals surface area contributed by atoms with Crippen molar-refractivity contribution in [3.63, 3.8) is 0 Å². The number of anilines is 1. The molecule has 142 valence electrons. The molecule has 1 atom stereocenters. The van der Waals surface area contributed by atoms with Gasteiger partial charge >= 0.3 is 5.63 Å². The molecule has 0 radical (unpaired) electrons. The highest BCUT2D eigenvalue weighted by atomic mass is 79.9. The molecule has 27 heavy (non-hydrogen) atoms. The zero-order valence-corrected chi connectivity index (χ0v) is 17.0. The number of rotatable bonds is 5. The Morgan fingerprint density at radius 3 is 2.48 bits per heavy atom. The highest BCUT2D eigenvalue weighted by molar-refractivity contribution is 8.93. The molecular weight excluding hydrogens is 408 g/mol. The van der Waals surface area contributed by atoms with Crippen molar-refractivity contribution in [1.29, 1.82) is 0 Å². The fourth-order valence-corrected chi connectivity index (χ4v) is 2.86. The number of nitrogens with two attached hydrogens (primary N) is 1. The van der Waals surface area contributed by atoms with Gasteiger partial charge in [-0.1, -0.05) is 44.2 Å². The van der Waals surface area contributed by atoms with Crippen LogP contribution in [0.25, 0.3) is 22.1 Å². The smallest absolute Gasteiger partial charge is 0.344 e. The van der Waals surface area contributed by atoms with Crippen molar-refractivity contribution in [3.05, 3.63) is 65.0 Å². The average molecular weight is 431 g/mol. The van der Waals surface area contributed by atoms with Gasteiger partial charge in [0.25, 0.3) is 0 Å². The van der Waals surface area contributed by atoms with Crippen LogP contribution in [-0.2, 0) is 4.79 Å². The van der Waals surface area contributed by atoms with E-state index in [9.17, 15) is 9.59 Å². The van der Waals surface area contributed by atoms with Gasteiger partial charge in [0.2, 0.25) is 5.91 Å². The molecule has 3 aromatic rings. The first-order chi connectivity index (χ1) is 12.4. The molecule has 6 heteroatoms. The van der Waals surface area contributed by atoms with Gasteiger partial charge < -0.3 is 15.5 Å². The van der Waals surface area contributed by atoms with E-state index in [0.717, 1.165) is 10.9 Å². The number of hydrogen-bond acceptors (Lipinski definition) is 4. The topological polar surface area (TPSA) is 85.3 Å². The molecule has 2 aromatic carbocycles. The van der Waals surface area contributed by atoms with Crippen molar-refractivity contribution < 1.29 is 9.21 Å². The monoisotopic (exact) mass is 430 g/mol. The standard InChI is InChI=1S/C21H22N2O3.BrH/c1-13(2)10-18(22)20(24)23-16-9-8-15-11-17(14-6-4-3-5-7-14)21(25)26-19(15)12-16;/h3-9,11-13,18H,10,22H2,1-2H3,(H,23,24);1H/t18-;/m0./s1. The molecule has 0 aliphatic carbocycles. The fraction of sp³-hybridized carbons (Fsp3) is 0.238. The summed E-state index contributed by atoms with van der Waals surface area (Å²) in [6, 6.07) is 15.8. The first-order valence-electron chi connectivity index (χ1n) is 8.64. The summed E-state index contributed by atoms with van der Waals surface area (Å²) in [4.78, 5) is 24.5. The maximum atomic E-state index is 12.3. The first-order valence-corrected chi connectivity index (χ1v) is 8.64. The predicted octanol–water partition coefficient (Wildman–Crippen LogP) is 4.35. The summed E-state index contributed by atoms with van der Waals surface area (Å²) in [5, 5.41) is 3.56. The molecule has 0 spiro atoms. The molecule has 0 aliphatic rings. The van der Waals surface area contributed by atoms with E-state index in [1.807, 2.05) is 50.2 Å². The summed E-state index contributed by atoms with van der Waals surface area (Å²) in [7, 11) is 0. The molecule has 1 aromatic heterocycles. The first kappa shape index (κ1) is 20.9. The maximum Gasteiger partial charge on any atom is 0.344 e. The second kappa shape index (κ2) is 8.97. The zero-order valence-electron chi connectivity index (χ0n) is 15.3. The van der Waals surface area contributed by atoms with E-state index in [4.69, 9.17) is 10.2 Å². The number of carbonyl (C=O) groups excluding carboxylic acids is 1. The lowest BCUT2D eigenvalue weighted by Gasteiger charge is -2.14. The van der Waals surface area contributed by atoms with Crippen LogP contribution in [0.3, 0.4) is 0 Å². The van der Waals surface area contributed by atoms with Crippen molar-refractivity contribution >= 4 is 39.5 Å². The van der Waals surface area contributed by atoms with Crippen LogP contribution in [0.2, 0.25) is 0 Å². The van der Waals surface area contributed by atoms with Crippen LogP contribution in [0.5, 0.6) is 0 Å². The number of carbonyl (C=O) groups is 1. The number of benzene rings is 2. The SMILES string of the molecule is Br.CC(C)C[C@H](N)C(=O)Nc1ccc2cc(-c3ccccc3)c(=O)oc2c1. The van der Waals surface area contributed by atoms with E-state index in [1.165, 1.54) is 0 Å². The fourth-order valence-electron chi connectivity index (χ4n) is 2.86. The minimum atomic E-state index is -0.571. The Balaban J connectivity index is 0.00000261. The number of halogens is 1. The van der Waals surface area contributed by atoms with Crippen LogP contribution in [-0.4, -0.2) is 11.9 Å². The lowest BCUT2D eigenvalue weighted by atomic mass is 10.0. The predicted molar refractivity (Wildman–Crippen MR) is 114 cm³/mol. The lowest BCUT2D eigenvalue weighted by Crippen LogP contribution is -2.36. The van der Waals surface area contributed by atoms with E-state index in [0.29, 0.717) is 29.2 Å². The summed E-state index contributed by atoms with van der Waals surface area (Å²) >= 11 is 0.